The first-order valence-electron chi connectivity index (χ1n) is 12.1. The van der Waals surface area contributed by atoms with Gasteiger partial charge in [-0.25, -0.2) is 18.7 Å². The Bertz CT molecular complexity index is 1090. The van der Waals surface area contributed by atoms with Gasteiger partial charge in [0.25, 0.3) is 6.43 Å². The van der Waals surface area contributed by atoms with Crippen LogP contribution in [0, 0.1) is 24.7 Å². The lowest BCUT2D eigenvalue weighted by molar-refractivity contribution is 0.151. The van der Waals surface area contributed by atoms with E-state index in [2.05, 4.69) is 54.5 Å². The third-order valence-corrected chi connectivity index (χ3v) is 7.85. The van der Waals surface area contributed by atoms with Gasteiger partial charge in [-0.2, -0.15) is 0 Å². The van der Waals surface area contributed by atoms with E-state index >= 15 is 0 Å². The second-order valence-electron chi connectivity index (χ2n) is 9.63. The summed E-state index contributed by atoms with van der Waals surface area (Å²) in [5.41, 5.74) is 5.72. The number of rotatable bonds is 7. The zero-order valence-electron chi connectivity index (χ0n) is 19.9. The van der Waals surface area contributed by atoms with Crippen LogP contribution in [-0.4, -0.2) is 14.5 Å². The van der Waals surface area contributed by atoms with Crippen LogP contribution in [0.2, 0.25) is 0 Å². The van der Waals surface area contributed by atoms with E-state index in [0.717, 1.165) is 60.0 Å². The molecular weight excluding hydrogens is 404 g/mol. The van der Waals surface area contributed by atoms with Gasteiger partial charge < -0.3 is 4.57 Å². The highest BCUT2D eigenvalue weighted by molar-refractivity contribution is 5.78. The molecule has 0 bridgehead atoms. The van der Waals surface area contributed by atoms with Crippen molar-refractivity contribution >= 4 is 11.0 Å². The van der Waals surface area contributed by atoms with Crippen molar-refractivity contribution in [2.24, 2.45) is 17.8 Å². The number of hydrogen-bond donors (Lipinski definition) is 0. The van der Waals surface area contributed by atoms with Crippen molar-refractivity contribution in [2.45, 2.75) is 79.2 Å². The molecule has 172 valence electrons. The number of benzene rings is 1. The largest absolute Gasteiger partial charge is 0.329 e. The maximum absolute atomic E-state index is 13.7. The fourth-order valence-electron chi connectivity index (χ4n) is 5.88. The molecule has 1 saturated carbocycles. The summed E-state index contributed by atoms with van der Waals surface area (Å²) >= 11 is 0. The van der Waals surface area contributed by atoms with Crippen LogP contribution in [-0.2, 0) is 19.3 Å². The van der Waals surface area contributed by atoms with Gasteiger partial charge in [0.15, 0.2) is 0 Å². The number of fused-ring (bicyclic) bond motifs is 1. The highest BCUT2D eigenvalue weighted by Gasteiger charge is 2.39. The molecule has 0 saturated heterocycles. The zero-order valence-corrected chi connectivity index (χ0v) is 19.9. The van der Waals surface area contributed by atoms with E-state index in [1.54, 1.807) is 18.5 Å². The van der Waals surface area contributed by atoms with Crippen molar-refractivity contribution in [1.29, 1.82) is 0 Å². The topological polar surface area (TPSA) is 30.7 Å². The minimum atomic E-state index is -2.42. The van der Waals surface area contributed by atoms with Crippen LogP contribution in [0.5, 0.6) is 0 Å². The Hall–Kier alpha value is -2.30. The molecule has 0 spiro atoms. The lowest BCUT2D eigenvalue weighted by Crippen LogP contribution is -2.15. The van der Waals surface area contributed by atoms with E-state index in [0.29, 0.717) is 23.8 Å². The molecule has 2 heterocycles. The van der Waals surface area contributed by atoms with Crippen LogP contribution < -0.4 is 0 Å². The molecule has 3 unspecified atom stereocenters. The predicted molar refractivity (Wildman–Crippen MR) is 126 cm³/mol. The van der Waals surface area contributed by atoms with Crippen molar-refractivity contribution in [3.05, 3.63) is 58.7 Å². The second kappa shape index (κ2) is 9.29. The molecule has 1 aliphatic rings. The SMILES string of the molecule is CCCc1cc(C(F)F)cc(CC2CC(n3ccc4c(C)ncnc43)[C@H](C)C2C)c1CC. The van der Waals surface area contributed by atoms with Crippen LogP contribution in [0.4, 0.5) is 8.78 Å². The van der Waals surface area contributed by atoms with E-state index in [1.807, 2.05) is 6.92 Å². The quantitative estimate of drug-likeness (QED) is 0.388. The Kier molecular flexibility index (Phi) is 6.64. The van der Waals surface area contributed by atoms with Crippen LogP contribution >= 0.6 is 0 Å². The predicted octanol–water partition coefficient (Wildman–Crippen LogP) is 7.27. The summed E-state index contributed by atoms with van der Waals surface area (Å²) in [4.78, 5) is 8.91. The smallest absolute Gasteiger partial charge is 0.263 e. The fraction of sp³-hybridized carbons (Fsp3) is 0.556. The third kappa shape index (κ3) is 4.06. The molecular formula is C27H35F2N3. The number of alkyl halides is 2. The lowest BCUT2D eigenvalue weighted by Gasteiger charge is -2.22. The molecule has 0 amide bonds. The summed E-state index contributed by atoms with van der Waals surface area (Å²) in [6.07, 6.45) is 6.02. The molecule has 4 atom stereocenters. The summed E-state index contributed by atoms with van der Waals surface area (Å²) < 4.78 is 29.7. The third-order valence-electron chi connectivity index (χ3n) is 7.85. The van der Waals surface area contributed by atoms with Gasteiger partial charge in [-0.1, -0.05) is 34.1 Å². The maximum Gasteiger partial charge on any atom is 0.263 e. The Morgan fingerprint density at radius 2 is 1.84 bits per heavy atom. The average Bonchev–Trinajstić information content (AvgIpc) is 3.31. The first-order chi connectivity index (χ1) is 15.3. The van der Waals surface area contributed by atoms with Crippen molar-refractivity contribution < 1.29 is 8.78 Å². The van der Waals surface area contributed by atoms with Gasteiger partial charge in [-0.3, -0.25) is 0 Å². The minimum Gasteiger partial charge on any atom is -0.329 e. The van der Waals surface area contributed by atoms with E-state index in [9.17, 15) is 8.78 Å². The normalized spacial score (nSPS) is 23.5. The van der Waals surface area contributed by atoms with E-state index in [-0.39, 0.29) is 5.56 Å². The number of aryl methyl sites for hydroxylation is 2. The van der Waals surface area contributed by atoms with Crippen molar-refractivity contribution in [2.75, 3.05) is 0 Å². The molecule has 1 fully saturated rings. The zero-order chi connectivity index (χ0) is 23.0. The molecule has 1 aliphatic carbocycles. The summed E-state index contributed by atoms with van der Waals surface area (Å²) in [5.74, 6) is 1.46. The van der Waals surface area contributed by atoms with E-state index in [4.69, 9.17) is 0 Å². The number of hydrogen-bond acceptors (Lipinski definition) is 2. The Morgan fingerprint density at radius 3 is 2.53 bits per heavy atom. The number of aromatic nitrogens is 3. The Labute approximate surface area is 190 Å². The second-order valence-corrected chi connectivity index (χ2v) is 9.63. The van der Waals surface area contributed by atoms with Gasteiger partial charge in [0, 0.05) is 23.2 Å². The van der Waals surface area contributed by atoms with Gasteiger partial charge >= 0.3 is 0 Å². The summed E-state index contributed by atoms with van der Waals surface area (Å²) in [6.45, 7) is 10.9. The minimum absolute atomic E-state index is 0.180. The summed E-state index contributed by atoms with van der Waals surface area (Å²) in [6, 6.07) is 6.01. The molecule has 0 radical (unpaired) electrons. The molecule has 1 aromatic carbocycles. The molecule has 5 heteroatoms. The van der Waals surface area contributed by atoms with Crippen molar-refractivity contribution in [1.82, 2.24) is 14.5 Å². The van der Waals surface area contributed by atoms with Crippen molar-refractivity contribution in [3.63, 3.8) is 0 Å². The van der Waals surface area contributed by atoms with Crippen molar-refractivity contribution in [3.8, 4) is 0 Å². The maximum atomic E-state index is 13.7. The van der Waals surface area contributed by atoms with Crippen LogP contribution in [0.1, 0.15) is 81.0 Å². The van der Waals surface area contributed by atoms with Crippen LogP contribution in [0.3, 0.4) is 0 Å². The van der Waals surface area contributed by atoms with Gasteiger partial charge in [-0.15, -0.1) is 0 Å². The van der Waals surface area contributed by atoms with E-state index in [1.165, 1.54) is 5.56 Å². The summed E-state index contributed by atoms with van der Waals surface area (Å²) in [7, 11) is 0. The standard InChI is InChI=1S/C27H35F2N3/c1-6-8-19-11-22(26(28)29)13-21(23(19)7-2)12-20-14-25(17(4)16(20)3)32-10-9-24-18(5)30-15-31-27(24)32/h9-11,13,15-17,20,25-26H,6-8,12,14H2,1-5H3/t16?,17-,20?,25?/m1/s1. The van der Waals surface area contributed by atoms with E-state index < -0.39 is 6.43 Å². The fourth-order valence-corrected chi connectivity index (χ4v) is 5.88. The highest BCUT2D eigenvalue weighted by atomic mass is 19.3. The average molecular weight is 440 g/mol. The molecule has 0 aliphatic heterocycles. The first-order valence-corrected chi connectivity index (χ1v) is 12.1. The molecule has 2 aromatic heterocycles. The summed E-state index contributed by atoms with van der Waals surface area (Å²) in [5, 5.41) is 1.11. The van der Waals surface area contributed by atoms with Crippen LogP contribution in [0.15, 0.2) is 30.7 Å². The Morgan fingerprint density at radius 1 is 1.09 bits per heavy atom. The number of halogens is 2. The number of nitrogens with zero attached hydrogens (tertiary/aromatic N) is 3. The Balaban J connectivity index is 1.66. The highest BCUT2D eigenvalue weighted by Crippen LogP contribution is 2.47. The molecule has 4 rings (SSSR count). The lowest BCUT2D eigenvalue weighted by atomic mass is 9.83. The van der Waals surface area contributed by atoms with Gasteiger partial charge in [0.05, 0.1) is 5.69 Å². The molecule has 3 aromatic rings. The van der Waals surface area contributed by atoms with Gasteiger partial charge in [0.1, 0.15) is 12.0 Å². The molecule has 32 heavy (non-hydrogen) atoms. The van der Waals surface area contributed by atoms with Gasteiger partial charge in [-0.05, 0) is 85.3 Å². The van der Waals surface area contributed by atoms with Gasteiger partial charge in [0.2, 0.25) is 0 Å². The molecule has 3 nitrogen and oxygen atoms in total. The monoisotopic (exact) mass is 439 g/mol. The molecule has 0 N–H and O–H groups in total. The van der Waals surface area contributed by atoms with Crippen LogP contribution in [0.25, 0.3) is 11.0 Å². The first kappa shape index (κ1) is 22.9.